The van der Waals surface area contributed by atoms with Crippen LogP contribution in [0.2, 0.25) is 0 Å². The molecule has 1 amide bonds. The third kappa shape index (κ3) is 7.81. The molecule has 0 radical (unpaired) electrons. The summed E-state index contributed by atoms with van der Waals surface area (Å²) in [6.45, 7) is 7.07. The first kappa shape index (κ1) is 25.8. The van der Waals surface area contributed by atoms with E-state index in [0.717, 1.165) is 57.9 Å². The summed E-state index contributed by atoms with van der Waals surface area (Å²) in [7, 11) is 1.73. The maximum absolute atomic E-state index is 13.0. The van der Waals surface area contributed by atoms with Gasteiger partial charge < -0.3 is 24.2 Å². The highest BCUT2D eigenvalue weighted by Gasteiger charge is 2.25. The summed E-state index contributed by atoms with van der Waals surface area (Å²) in [4.78, 5) is 18.7. The van der Waals surface area contributed by atoms with Gasteiger partial charge in [-0.25, -0.2) is 9.18 Å². The number of rotatable bonds is 6. The van der Waals surface area contributed by atoms with E-state index < -0.39 is 0 Å². The maximum Gasteiger partial charge on any atom is 0.409 e. The molecule has 0 saturated carbocycles. The van der Waals surface area contributed by atoms with Gasteiger partial charge in [-0.15, -0.1) is 24.8 Å². The van der Waals surface area contributed by atoms with Crippen molar-refractivity contribution in [3.8, 4) is 0 Å². The number of nitrogens with zero attached hydrogens (tertiary/aromatic N) is 3. The molecule has 2 heterocycles. The van der Waals surface area contributed by atoms with Gasteiger partial charge in [0.15, 0.2) is 0 Å². The van der Waals surface area contributed by atoms with Crippen LogP contribution >= 0.6 is 24.8 Å². The summed E-state index contributed by atoms with van der Waals surface area (Å²) in [5, 5.41) is 0. The molecule has 166 valence electrons. The topological polar surface area (TPSA) is 45.3 Å². The number of halogens is 3. The predicted molar refractivity (Wildman–Crippen MR) is 117 cm³/mol. The zero-order valence-corrected chi connectivity index (χ0v) is 18.6. The quantitative estimate of drug-likeness (QED) is 0.663. The molecule has 2 aliphatic heterocycles. The maximum atomic E-state index is 13.0. The number of hydrogen-bond acceptors (Lipinski definition) is 5. The van der Waals surface area contributed by atoms with E-state index in [1.165, 1.54) is 12.1 Å². The van der Waals surface area contributed by atoms with E-state index in [-0.39, 0.29) is 36.7 Å². The second kappa shape index (κ2) is 13.1. The number of methoxy groups -OCH3 is 1. The monoisotopic (exact) mass is 451 g/mol. The van der Waals surface area contributed by atoms with Gasteiger partial charge in [0.2, 0.25) is 0 Å². The highest BCUT2D eigenvalue weighted by Crippen LogP contribution is 2.19. The smallest absolute Gasteiger partial charge is 0.409 e. The Labute approximate surface area is 185 Å². The molecule has 2 aliphatic rings. The van der Waals surface area contributed by atoms with Crippen LogP contribution in [0.15, 0.2) is 24.3 Å². The van der Waals surface area contributed by atoms with Crippen molar-refractivity contribution >= 4 is 36.6 Å². The second-order valence-electron chi connectivity index (χ2n) is 7.31. The number of carbonyl (C=O) groups excluding carboxylic acids is 1. The highest BCUT2D eigenvalue weighted by atomic mass is 35.5. The Bertz CT molecular complexity index is 593. The van der Waals surface area contributed by atoms with Crippen molar-refractivity contribution in [1.29, 1.82) is 0 Å². The number of benzene rings is 1. The zero-order chi connectivity index (χ0) is 19.1. The standard InChI is InChI=1S/C20H30FN3O3.2ClH/c1-26-15-14-22-8-6-17(7-9-22)16-27-20(25)24-12-10-23(11-13-24)19-4-2-18(21)3-5-19;;/h2-5,17H,6-16H2,1H3;2*1H. The molecule has 0 aliphatic carbocycles. The summed E-state index contributed by atoms with van der Waals surface area (Å²) < 4.78 is 23.7. The van der Waals surface area contributed by atoms with Crippen molar-refractivity contribution in [3.63, 3.8) is 0 Å². The van der Waals surface area contributed by atoms with Crippen molar-refractivity contribution in [1.82, 2.24) is 9.80 Å². The zero-order valence-electron chi connectivity index (χ0n) is 16.9. The van der Waals surface area contributed by atoms with E-state index in [1.54, 1.807) is 24.1 Å². The summed E-state index contributed by atoms with van der Waals surface area (Å²) in [6, 6.07) is 6.50. The Morgan fingerprint density at radius 2 is 1.66 bits per heavy atom. The van der Waals surface area contributed by atoms with Crippen LogP contribution in [0.3, 0.4) is 0 Å². The van der Waals surface area contributed by atoms with E-state index in [2.05, 4.69) is 9.80 Å². The fourth-order valence-electron chi connectivity index (χ4n) is 3.68. The lowest BCUT2D eigenvalue weighted by Crippen LogP contribution is -2.49. The van der Waals surface area contributed by atoms with Gasteiger partial charge in [-0.3, -0.25) is 0 Å². The molecule has 6 nitrogen and oxygen atoms in total. The van der Waals surface area contributed by atoms with Crippen LogP contribution in [0.4, 0.5) is 14.9 Å². The van der Waals surface area contributed by atoms with E-state index in [9.17, 15) is 9.18 Å². The molecular formula is C20H32Cl2FN3O3. The molecule has 29 heavy (non-hydrogen) atoms. The van der Waals surface area contributed by atoms with Gasteiger partial charge in [-0.2, -0.15) is 0 Å². The molecule has 0 atom stereocenters. The number of carbonyl (C=O) groups is 1. The third-order valence-electron chi connectivity index (χ3n) is 5.49. The molecular weight excluding hydrogens is 420 g/mol. The Morgan fingerprint density at radius 3 is 2.24 bits per heavy atom. The average molecular weight is 452 g/mol. The number of hydrogen-bond donors (Lipinski definition) is 0. The van der Waals surface area contributed by atoms with Crippen molar-refractivity contribution in [2.45, 2.75) is 12.8 Å². The Hall–Kier alpha value is -1.28. The first-order valence-electron chi connectivity index (χ1n) is 9.79. The molecule has 0 aromatic heterocycles. The van der Waals surface area contributed by atoms with Crippen LogP contribution in [0, 0.1) is 11.7 Å². The lowest BCUT2D eigenvalue weighted by Gasteiger charge is -2.36. The van der Waals surface area contributed by atoms with E-state index in [1.807, 2.05) is 0 Å². The predicted octanol–water partition coefficient (Wildman–Crippen LogP) is 3.29. The van der Waals surface area contributed by atoms with E-state index in [0.29, 0.717) is 25.6 Å². The largest absolute Gasteiger partial charge is 0.449 e. The first-order chi connectivity index (χ1) is 13.2. The normalized spacial score (nSPS) is 18.0. The third-order valence-corrected chi connectivity index (χ3v) is 5.49. The Balaban J connectivity index is 0.00000210. The molecule has 1 aromatic carbocycles. The van der Waals surface area contributed by atoms with Gasteiger partial charge in [0, 0.05) is 45.5 Å². The van der Waals surface area contributed by atoms with Crippen molar-refractivity contribution in [2.75, 3.05) is 71.0 Å². The Morgan fingerprint density at radius 1 is 1.03 bits per heavy atom. The van der Waals surface area contributed by atoms with Crippen LogP contribution in [0.5, 0.6) is 0 Å². The number of piperazine rings is 1. The molecule has 2 saturated heterocycles. The highest BCUT2D eigenvalue weighted by molar-refractivity contribution is 5.85. The fourth-order valence-corrected chi connectivity index (χ4v) is 3.68. The molecule has 0 unspecified atom stereocenters. The van der Waals surface area contributed by atoms with Crippen LogP contribution in [-0.2, 0) is 9.47 Å². The van der Waals surface area contributed by atoms with Crippen LogP contribution in [-0.4, -0.2) is 82.0 Å². The number of amides is 1. The molecule has 3 rings (SSSR count). The SMILES string of the molecule is COCCN1CCC(COC(=O)N2CCN(c3ccc(F)cc3)CC2)CC1.Cl.Cl. The minimum absolute atomic E-state index is 0. The van der Waals surface area contributed by atoms with Gasteiger partial charge in [-0.1, -0.05) is 0 Å². The van der Waals surface area contributed by atoms with Crippen molar-refractivity contribution in [3.05, 3.63) is 30.1 Å². The minimum atomic E-state index is -0.231. The summed E-state index contributed by atoms with van der Waals surface area (Å²) in [6.07, 6.45) is 1.92. The van der Waals surface area contributed by atoms with Crippen molar-refractivity contribution < 1.29 is 18.7 Å². The molecule has 0 spiro atoms. The van der Waals surface area contributed by atoms with Gasteiger partial charge in [0.25, 0.3) is 0 Å². The van der Waals surface area contributed by atoms with Gasteiger partial charge >= 0.3 is 6.09 Å². The van der Waals surface area contributed by atoms with Gasteiger partial charge in [0.05, 0.1) is 13.2 Å². The van der Waals surface area contributed by atoms with E-state index in [4.69, 9.17) is 9.47 Å². The molecule has 0 bridgehead atoms. The van der Waals surface area contributed by atoms with E-state index >= 15 is 0 Å². The second-order valence-corrected chi connectivity index (χ2v) is 7.31. The molecule has 9 heteroatoms. The van der Waals surface area contributed by atoms with Gasteiger partial charge in [-0.05, 0) is 56.1 Å². The number of likely N-dealkylation sites (tertiary alicyclic amines) is 1. The number of ether oxygens (including phenoxy) is 2. The molecule has 1 aromatic rings. The average Bonchev–Trinajstić information content (AvgIpc) is 2.72. The summed E-state index contributed by atoms with van der Waals surface area (Å²) in [5.74, 6) is 0.221. The lowest BCUT2D eigenvalue weighted by molar-refractivity contribution is 0.0628. The summed E-state index contributed by atoms with van der Waals surface area (Å²) in [5.41, 5.74) is 0.990. The molecule has 2 fully saturated rings. The molecule has 0 N–H and O–H groups in total. The summed E-state index contributed by atoms with van der Waals surface area (Å²) >= 11 is 0. The van der Waals surface area contributed by atoms with Crippen LogP contribution < -0.4 is 4.90 Å². The van der Waals surface area contributed by atoms with Gasteiger partial charge in [0.1, 0.15) is 5.82 Å². The fraction of sp³-hybridized carbons (Fsp3) is 0.650. The van der Waals surface area contributed by atoms with Crippen LogP contribution in [0.1, 0.15) is 12.8 Å². The number of anilines is 1. The first-order valence-corrected chi connectivity index (χ1v) is 9.79. The lowest BCUT2D eigenvalue weighted by atomic mass is 9.98. The number of piperidine rings is 1. The van der Waals surface area contributed by atoms with Crippen LogP contribution in [0.25, 0.3) is 0 Å². The minimum Gasteiger partial charge on any atom is -0.449 e. The Kier molecular flexibility index (Phi) is 11.6. The van der Waals surface area contributed by atoms with Crippen molar-refractivity contribution in [2.24, 2.45) is 5.92 Å².